The van der Waals surface area contributed by atoms with Gasteiger partial charge in [-0.15, -0.1) is 4.73 Å². The lowest BCUT2D eigenvalue weighted by molar-refractivity contribution is -0.153. The van der Waals surface area contributed by atoms with Crippen molar-refractivity contribution in [1.29, 1.82) is 0 Å². The number of carbonyl (C=O) groups excluding carboxylic acids is 3. The molecule has 11 nitrogen and oxygen atoms in total. The van der Waals surface area contributed by atoms with Crippen LogP contribution in [0, 0.1) is 0 Å². The zero-order valence-electron chi connectivity index (χ0n) is 18.0. The second-order valence-corrected chi connectivity index (χ2v) is 8.87. The fourth-order valence-corrected chi connectivity index (χ4v) is 2.66. The van der Waals surface area contributed by atoms with Gasteiger partial charge in [0.1, 0.15) is 11.2 Å². The smallest absolute Gasteiger partial charge is 0.411 e. The lowest BCUT2D eigenvalue weighted by Crippen LogP contribution is -2.61. The van der Waals surface area contributed by atoms with Gasteiger partial charge in [-0.2, -0.15) is 0 Å². The molecule has 1 atom stereocenters. The summed E-state index contributed by atoms with van der Waals surface area (Å²) in [7, 11) is 0. The molecular formula is C19H29N3O8. The molecule has 0 saturated carbocycles. The van der Waals surface area contributed by atoms with E-state index >= 15 is 0 Å². The summed E-state index contributed by atoms with van der Waals surface area (Å²) in [6.07, 6.45) is -1.40. The van der Waals surface area contributed by atoms with Crippen molar-refractivity contribution < 1.29 is 38.9 Å². The highest BCUT2D eigenvalue weighted by Crippen LogP contribution is 2.22. The Morgan fingerprint density at radius 3 is 1.90 bits per heavy atom. The summed E-state index contributed by atoms with van der Waals surface area (Å²) in [5.74, 6) is -2.00. The summed E-state index contributed by atoms with van der Waals surface area (Å²) < 4.78 is 11.2. The van der Waals surface area contributed by atoms with Gasteiger partial charge in [-0.05, 0) is 41.5 Å². The van der Waals surface area contributed by atoms with Crippen molar-refractivity contribution >= 4 is 18.2 Å². The largest absolute Gasteiger partial charge is 0.492 e. The number of rotatable bonds is 2. The van der Waals surface area contributed by atoms with Gasteiger partial charge in [-0.25, -0.2) is 14.4 Å². The molecule has 2 N–H and O–H groups in total. The van der Waals surface area contributed by atoms with Crippen molar-refractivity contribution in [2.75, 3.05) is 19.6 Å². The average Bonchev–Trinajstić information content (AvgIpc) is 2.90. The number of ether oxygens (including phenoxy) is 2. The van der Waals surface area contributed by atoms with Crippen LogP contribution in [0.5, 0.6) is 11.8 Å². The number of nitrogens with zero attached hydrogens (tertiary/aromatic N) is 3. The quantitative estimate of drug-likeness (QED) is 0.729. The topological polar surface area (TPSA) is 131 Å². The minimum Gasteiger partial charge on any atom is -0.492 e. The number of aromatic hydroxyl groups is 2. The molecule has 1 aromatic heterocycles. The lowest BCUT2D eigenvalue weighted by atomic mass is 10.1. The number of aromatic nitrogens is 1. The molecule has 1 aromatic rings. The molecule has 30 heavy (non-hydrogen) atoms. The van der Waals surface area contributed by atoms with Crippen LogP contribution < -0.4 is 4.84 Å². The van der Waals surface area contributed by atoms with Gasteiger partial charge in [-0.3, -0.25) is 4.90 Å². The van der Waals surface area contributed by atoms with E-state index in [0.717, 1.165) is 17.0 Å². The Morgan fingerprint density at radius 1 is 0.900 bits per heavy atom. The summed E-state index contributed by atoms with van der Waals surface area (Å²) >= 11 is 0. The first-order valence-corrected chi connectivity index (χ1v) is 9.47. The highest BCUT2D eigenvalue weighted by atomic mass is 16.7. The van der Waals surface area contributed by atoms with Crippen LogP contribution >= 0.6 is 0 Å². The maximum absolute atomic E-state index is 12.8. The molecule has 1 fully saturated rings. The number of piperazine rings is 1. The zero-order chi connectivity index (χ0) is 22.9. The first-order valence-electron chi connectivity index (χ1n) is 9.47. The summed E-state index contributed by atoms with van der Waals surface area (Å²) in [6, 6.07) is 1.01. The monoisotopic (exact) mass is 427 g/mol. The van der Waals surface area contributed by atoms with E-state index in [1.54, 1.807) is 41.5 Å². The first-order chi connectivity index (χ1) is 13.7. The van der Waals surface area contributed by atoms with Gasteiger partial charge < -0.3 is 29.4 Å². The van der Waals surface area contributed by atoms with Crippen molar-refractivity contribution in [2.24, 2.45) is 0 Å². The van der Waals surface area contributed by atoms with Gasteiger partial charge >= 0.3 is 18.2 Å². The van der Waals surface area contributed by atoms with Gasteiger partial charge in [0.05, 0.1) is 6.54 Å². The number of hydrogen-bond donors (Lipinski definition) is 2. The Balaban J connectivity index is 2.24. The van der Waals surface area contributed by atoms with Crippen LogP contribution in [-0.2, 0) is 14.3 Å². The van der Waals surface area contributed by atoms with Crippen LogP contribution in [-0.4, -0.2) is 79.8 Å². The fourth-order valence-electron chi connectivity index (χ4n) is 2.66. The lowest BCUT2D eigenvalue weighted by Gasteiger charge is -2.40. The molecule has 0 aliphatic carbocycles. The van der Waals surface area contributed by atoms with E-state index in [9.17, 15) is 24.6 Å². The molecule has 2 heterocycles. The van der Waals surface area contributed by atoms with Crippen molar-refractivity contribution in [3.8, 4) is 11.8 Å². The Hall–Kier alpha value is -3.11. The maximum atomic E-state index is 12.8. The molecule has 0 bridgehead atoms. The van der Waals surface area contributed by atoms with E-state index in [2.05, 4.69) is 0 Å². The fraction of sp³-hybridized carbons (Fsp3) is 0.632. The first kappa shape index (κ1) is 23.2. The third-order valence-electron chi connectivity index (χ3n) is 3.91. The molecule has 0 aromatic carbocycles. The SMILES string of the molecule is CC(C)(C)OC(=O)N1CCN(C(=O)OC(C)(C)C)C(C(=O)On2c(O)ccc2O)C1. The molecule has 168 valence electrons. The Labute approximate surface area is 174 Å². The standard InChI is InChI=1S/C19H29N3O8/c1-18(2,3)28-16(26)20-9-10-21(17(27)29-19(4,5)6)12(11-20)15(25)30-22-13(23)7-8-14(22)24/h7-8,12,23-24H,9-11H2,1-6H3. The van der Waals surface area contributed by atoms with E-state index in [1.807, 2.05) is 0 Å². The Bertz CT molecular complexity index is 786. The van der Waals surface area contributed by atoms with Crippen LogP contribution in [0.4, 0.5) is 9.59 Å². The van der Waals surface area contributed by atoms with Gasteiger partial charge in [-0.1, -0.05) is 0 Å². The van der Waals surface area contributed by atoms with Crippen LogP contribution in [0.15, 0.2) is 12.1 Å². The van der Waals surface area contributed by atoms with Crippen molar-refractivity contribution in [3.63, 3.8) is 0 Å². The molecule has 2 amide bonds. The Kier molecular flexibility index (Phi) is 6.43. The van der Waals surface area contributed by atoms with Crippen molar-refractivity contribution in [2.45, 2.75) is 58.8 Å². The van der Waals surface area contributed by atoms with Gasteiger partial charge in [0.25, 0.3) is 0 Å². The van der Waals surface area contributed by atoms with Crippen LogP contribution in [0.25, 0.3) is 0 Å². The Morgan fingerprint density at radius 2 is 1.40 bits per heavy atom. The zero-order valence-corrected chi connectivity index (χ0v) is 18.0. The number of amides is 2. The van der Waals surface area contributed by atoms with E-state index in [4.69, 9.17) is 14.3 Å². The predicted octanol–water partition coefficient (Wildman–Crippen LogP) is 1.71. The van der Waals surface area contributed by atoms with Gasteiger partial charge in [0.15, 0.2) is 6.04 Å². The minimum atomic E-state index is -1.25. The van der Waals surface area contributed by atoms with Gasteiger partial charge in [0.2, 0.25) is 11.8 Å². The molecule has 1 aliphatic heterocycles. The van der Waals surface area contributed by atoms with Crippen molar-refractivity contribution in [1.82, 2.24) is 14.5 Å². The van der Waals surface area contributed by atoms with Gasteiger partial charge in [0, 0.05) is 25.2 Å². The van der Waals surface area contributed by atoms with E-state index < -0.39 is 47.2 Å². The minimum absolute atomic E-state index is 0.00241. The molecule has 0 spiro atoms. The summed E-state index contributed by atoms with van der Waals surface area (Å²) in [5.41, 5.74) is -1.54. The molecule has 1 saturated heterocycles. The van der Waals surface area contributed by atoms with Crippen LogP contribution in [0.2, 0.25) is 0 Å². The van der Waals surface area contributed by atoms with Crippen LogP contribution in [0.1, 0.15) is 41.5 Å². The molecule has 1 unspecified atom stereocenters. The third-order valence-corrected chi connectivity index (χ3v) is 3.91. The summed E-state index contributed by atoms with van der Waals surface area (Å²) in [4.78, 5) is 45.4. The summed E-state index contributed by atoms with van der Waals surface area (Å²) in [5, 5.41) is 19.4. The highest BCUT2D eigenvalue weighted by Gasteiger charge is 2.41. The second kappa shape index (κ2) is 8.33. The average molecular weight is 427 g/mol. The second-order valence-electron chi connectivity index (χ2n) is 8.87. The highest BCUT2D eigenvalue weighted by molar-refractivity contribution is 5.83. The van der Waals surface area contributed by atoms with E-state index in [0.29, 0.717) is 4.73 Å². The van der Waals surface area contributed by atoms with Crippen molar-refractivity contribution in [3.05, 3.63) is 12.1 Å². The molecule has 2 rings (SSSR count). The molecule has 1 aliphatic rings. The third kappa shape index (κ3) is 5.94. The normalized spacial score (nSPS) is 17.5. The van der Waals surface area contributed by atoms with E-state index in [1.165, 1.54) is 4.90 Å². The molecular weight excluding hydrogens is 398 g/mol. The molecule has 0 radical (unpaired) electrons. The number of hydrogen-bond acceptors (Lipinski definition) is 8. The van der Waals surface area contributed by atoms with E-state index in [-0.39, 0.29) is 19.6 Å². The predicted molar refractivity (Wildman–Crippen MR) is 104 cm³/mol. The molecule has 11 heteroatoms. The number of carbonyl (C=O) groups is 3. The maximum Gasteiger partial charge on any atom is 0.411 e. The van der Waals surface area contributed by atoms with Crippen LogP contribution in [0.3, 0.4) is 0 Å². The summed E-state index contributed by atoms with van der Waals surface area (Å²) in [6.45, 7) is 10.1.